The summed E-state index contributed by atoms with van der Waals surface area (Å²) in [4.78, 5) is 14.5. The van der Waals surface area contributed by atoms with Crippen LogP contribution in [0.1, 0.15) is 29.5 Å². The van der Waals surface area contributed by atoms with Crippen molar-refractivity contribution in [1.82, 2.24) is 4.90 Å². The minimum Gasteiger partial charge on any atom is -0.493 e. The molecule has 170 valence electrons. The molecule has 1 aliphatic heterocycles. The molecule has 0 N–H and O–H groups in total. The molecule has 1 fully saturated rings. The summed E-state index contributed by atoms with van der Waals surface area (Å²) in [6.07, 6.45) is 2.29. The molecule has 2 heterocycles. The van der Waals surface area contributed by atoms with Gasteiger partial charge in [0, 0.05) is 36.0 Å². The maximum atomic E-state index is 12.0. The van der Waals surface area contributed by atoms with Crippen LogP contribution in [-0.4, -0.2) is 38.8 Å². The van der Waals surface area contributed by atoms with Gasteiger partial charge in [-0.25, -0.2) is 4.79 Å². The van der Waals surface area contributed by atoms with Crippen molar-refractivity contribution < 1.29 is 18.6 Å². The molecular weight excluding hydrogens is 406 g/mol. The van der Waals surface area contributed by atoms with Crippen molar-refractivity contribution in [2.45, 2.75) is 33.2 Å². The summed E-state index contributed by atoms with van der Waals surface area (Å²) in [5.74, 6) is 2.69. The lowest BCUT2D eigenvalue weighted by atomic mass is 9.98. The molecule has 0 spiro atoms. The maximum Gasteiger partial charge on any atom is 0.339 e. The van der Waals surface area contributed by atoms with Gasteiger partial charge in [-0.05, 0) is 68.6 Å². The molecule has 0 radical (unpaired) electrons. The van der Waals surface area contributed by atoms with Crippen LogP contribution in [0.15, 0.2) is 45.6 Å². The molecule has 1 atom stereocenters. The summed E-state index contributed by atoms with van der Waals surface area (Å²) >= 11 is 0. The summed E-state index contributed by atoms with van der Waals surface area (Å²) in [6.45, 7) is 7.31. The monoisotopic (exact) mass is 437 g/mol. The molecule has 32 heavy (non-hydrogen) atoms. The van der Waals surface area contributed by atoms with Crippen LogP contribution in [0.25, 0.3) is 11.0 Å². The first-order valence-electron chi connectivity index (χ1n) is 11.1. The minimum absolute atomic E-state index is 0.287. The smallest absolute Gasteiger partial charge is 0.339 e. The molecule has 1 saturated heterocycles. The third-order valence-corrected chi connectivity index (χ3v) is 6.37. The average Bonchev–Trinajstić information content (AvgIpc) is 2.81. The van der Waals surface area contributed by atoms with Crippen molar-refractivity contribution in [2.75, 3.05) is 33.9 Å². The number of methoxy groups -OCH3 is 2. The predicted molar refractivity (Wildman–Crippen MR) is 125 cm³/mol. The largest absolute Gasteiger partial charge is 0.493 e. The van der Waals surface area contributed by atoms with Crippen LogP contribution in [0.3, 0.4) is 0 Å². The van der Waals surface area contributed by atoms with Gasteiger partial charge in [0.25, 0.3) is 0 Å². The Bertz CT molecular complexity index is 1150. The standard InChI is InChI=1S/C26H31NO5/c1-17-18(2)26(28)32-24-13-21(8-9-22(17)24)31-16-20-6-5-11-27(15-20)14-19-7-10-23(29-3)25(12-19)30-4/h7-10,12-13,20H,5-6,11,14-16H2,1-4H3. The van der Waals surface area contributed by atoms with E-state index in [1.54, 1.807) is 21.1 Å². The van der Waals surface area contributed by atoms with Gasteiger partial charge in [0.2, 0.25) is 0 Å². The van der Waals surface area contributed by atoms with E-state index in [9.17, 15) is 4.79 Å². The van der Waals surface area contributed by atoms with Crippen molar-refractivity contribution in [3.05, 3.63) is 63.5 Å². The van der Waals surface area contributed by atoms with Crippen LogP contribution in [0, 0.1) is 19.8 Å². The second-order valence-corrected chi connectivity index (χ2v) is 8.54. The third-order valence-electron chi connectivity index (χ3n) is 6.37. The number of fused-ring (bicyclic) bond motifs is 1. The summed E-state index contributed by atoms with van der Waals surface area (Å²) < 4.78 is 22.3. The Kier molecular flexibility index (Phi) is 6.70. The number of hydrogen-bond donors (Lipinski definition) is 0. The fraction of sp³-hybridized carbons (Fsp3) is 0.423. The van der Waals surface area contributed by atoms with Crippen LogP contribution in [0.5, 0.6) is 17.2 Å². The number of nitrogens with zero attached hydrogens (tertiary/aromatic N) is 1. The highest BCUT2D eigenvalue weighted by molar-refractivity contribution is 5.82. The first-order valence-corrected chi connectivity index (χ1v) is 11.1. The summed E-state index contributed by atoms with van der Waals surface area (Å²) in [7, 11) is 3.31. The molecule has 0 aliphatic carbocycles. The molecule has 0 saturated carbocycles. The Balaban J connectivity index is 1.38. The van der Waals surface area contributed by atoms with E-state index in [1.807, 2.05) is 37.3 Å². The second-order valence-electron chi connectivity index (χ2n) is 8.54. The van der Waals surface area contributed by atoms with Gasteiger partial charge in [-0.2, -0.15) is 0 Å². The Morgan fingerprint density at radius 2 is 1.84 bits per heavy atom. The molecule has 6 nitrogen and oxygen atoms in total. The van der Waals surface area contributed by atoms with Gasteiger partial charge in [-0.15, -0.1) is 0 Å². The molecule has 6 heteroatoms. The minimum atomic E-state index is -0.287. The fourth-order valence-corrected chi connectivity index (χ4v) is 4.40. The Hall–Kier alpha value is -2.99. The van der Waals surface area contributed by atoms with E-state index in [1.165, 1.54) is 5.56 Å². The fourth-order valence-electron chi connectivity index (χ4n) is 4.40. The van der Waals surface area contributed by atoms with Crippen molar-refractivity contribution in [3.8, 4) is 17.2 Å². The molecule has 2 aromatic carbocycles. The van der Waals surface area contributed by atoms with E-state index in [4.69, 9.17) is 18.6 Å². The van der Waals surface area contributed by atoms with E-state index in [2.05, 4.69) is 11.0 Å². The van der Waals surface area contributed by atoms with Crippen molar-refractivity contribution in [2.24, 2.45) is 5.92 Å². The van der Waals surface area contributed by atoms with Gasteiger partial charge in [-0.1, -0.05) is 6.07 Å². The van der Waals surface area contributed by atoms with E-state index < -0.39 is 0 Å². The number of aryl methyl sites for hydroxylation is 1. The van der Waals surface area contributed by atoms with Crippen LogP contribution < -0.4 is 19.8 Å². The Morgan fingerprint density at radius 1 is 1.03 bits per heavy atom. The van der Waals surface area contributed by atoms with Crippen LogP contribution in [0.2, 0.25) is 0 Å². The number of likely N-dealkylation sites (tertiary alicyclic amines) is 1. The quantitative estimate of drug-likeness (QED) is 0.499. The van der Waals surface area contributed by atoms with Crippen LogP contribution in [0.4, 0.5) is 0 Å². The van der Waals surface area contributed by atoms with Gasteiger partial charge in [0.05, 0.1) is 20.8 Å². The Morgan fingerprint density at radius 3 is 2.62 bits per heavy atom. The highest BCUT2D eigenvalue weighted by atomic mass is 16.5. The number of hydrogen-bond acceptors (Lipinski definition) is 6. The average molecular weight is 438 g/mol. The molecule has 0 bridgehead atoms. The van der Waals surface area contributed by atoms with Gasteiger partial charge in [-0.3, -0.25) is 4.90 Å². The maximum absolute atomic E-state index is 12.0. The van der Waals surface area contributed by atoms with E-state index in [0.29, 0.717) is 23.7 Å². The third kappa shape index (κ3) is 4.75. The lowest BCUT2D eigenvalue weighted by Crippen LogP contribution is -2.37. The van der Waals surface area contributed by atoms with Crippen molar-refractivity contribution in [3.63, 3.8) is 0 Å². The van der Waals surface area contributed by atoms with E-state index >= 15 is 0 Å². The summed E-state index contributed by atoms with van der Waals surface area (Å²) in [6, 6.07) is 11.9. The molecule has 1 aromatic heterocycles. The molecule has 4 rings (SSSR count). The van der Waals surface area contributed by atoms with Gasteiger partial charge in [0.1, 0.15) is 11.3 Å². The zero-order valence-electron chi connectivity index (χ0n) is 19.3. The summed E-state index contributed by atoms with van der Waals surface area (Å²) in [5, 5.41) is 0.952. The lowest BCUT2D eigenvalue weighted by Gasteiger charge is -2.32. The van der Waals surface area contributed by atoms with Gasteiger partial charge in [0.15, 0.2) is 11.5 Å². The summed E-state index contributed by atoms with van der Waals surface area (Å²) in [5.41, 5.74) is 3.11. The van der Waals surface area contributed by atoms with Crippen LogP contribution in [-0.2, 0) is 6.54 Å². The highest BCUT2D eigenvalue weighted by Crippen LogP contribution is 2.29. The van der Waals surface area contributed by atoms with Crippen LogP contribution >= 0.6 is 0 Å². The Labute approximate surface area is 188 Å². The zero-order chi connectivity index (χ0) is 22.7. The van der Waals surface area contributed by atoms with Gasteiger partial charge < -0.3 is 18.6 Å². The number of benzene rings is 2. The normalized spacial score (nSPS) is 16.8. The molecule has 0 amide bonds. The molecular formula is C26H31NO5. The molecule has 3 aromatic rings. The number of ether oxygens (including phenoxy) is 3. The van der Waals surface area contributed by atoms with E-state index in [-0.39, 0.29) is 5.63 Å². The second kappa shape index (κ2) is 9.65. The van der Waals surface area contributed by atoms with Crippen molar-refractivity contribution >= 4 is 11.0 Å². The first-order chi connectivity index (χ1) is 15.5. The highest BCUT2D eigenvalue weighted by Gasteiger charge is 2.21. The van der Waals surface area contributed by atoms with Gasteiger partial charge >= 0.3 is 5.63 Å². The SMILES string of the molecule is COc1ccc(CN2CCCC(COc3ccc4c(C)c(C)c(=O)oc4c3)C2)cc1OC. The first kappa shape index (κ1) is 22.2. The number of rotatable bonds is 7. The topological polar surface area (TPSA) is 61.1 Å². The van der Waals surface area contributed by atoms with E-state index in [0.717, 1.165) is 60.7 Å². The van der Waals surface area contributed by atoms with Crippen molar-refractivity contribution in [1.29, 1.82) is 0 Å². The predicted octanol–water partition coefficient (Wildman–Crippen LogP) is 4.72. The number of piperidine rings is 1. The lowest BCUT2D eigenvalue weighted by molar-refractivity contribution is 0.125. The molecule has 1 aliphatic rings. The zero-order valence-corrected chi connectivity index (χ0v) is 19.3. The molecule has 1 unspecified atom stereocenters.